The summed E-state index contributed by atoms with van der Waals surface area (Å²) in [5, 5.41) is 16.8. The molecule has 0 saturated carbocycles. The van der Waals surface area contributed by atoms with E-state index in [1.54, 1.807) is 6.92 Å². The molecule has 0 aliphatic carbocycles. The lowest BCUT2D eigenvalue weighted by molar-refractivity contribution is -0.120. The van der Waals surface area contributed by atoms with Crippen LogP contribution in [-0.4, -0.2) is 60.0 Å². The fourth-order valence-electron chi connectivity index (χ4n) is 1.74. The number of likely N-dealkylation sites (N-methyl/N-ethyl adjacent to an activating group) is 1. The van der Waals surface area contributed by atoms with Crippen molar-refractivity contribution >= 4 is 21.9 Å². The molecule has 0 fully saturated rings. The number of carboxylic acid groups (broad SMARTS) is 1. The first-order valence-electron chi connectivity index (χ1n) is 6.24. The molecule has 1 amide bonds. The van der Waals surface area contributed by atoms with Gasteiger partial charge in [0.25, 0.3) is 10.0 Å². The summed E-state index contributed by atoms with van der Waals surface area (Å²) in [6.45, 7) is 2.86. The van der Waals surface area contributed by atoms with E-state index < -0.39 is 39.0 Å². The normalized spacial score (nSPS) is 11.6. The van der Waals surface area contributed by atoms with Crippen molar-refractivity contribution in [2.75, 3.05) is 20.1 Å². The number of carbonyl (C=O) groups excluding carboxylic acids is 1. The van der Waals surface area contributed by atoms with Gasteiger partial charge in [-0.3, -0.25) is 9.89 Å². The van der Waals surface area contributed by atoms with Gasteiger partial charge in [-0.1, -0.05) is 6.92 Å². The zero-order valence-corrected chi connectivity index (χ0v) is 12.8. The number of aromatic carboxylic acids is 1. The summed E-state index contributed by atoms with van der Waals surface area (Å²) in [7, 11) is -2.78. The number of hydrogen-bond acceptors (Lipinski definition) is 5. The van der Waals surface area contributed by atoms with E-state index in [9.17, 15) is 18.0 Å². The van der Waals surface area contributed by atoms with Gasteiger partial charge in [-0.15, -0.1) is 0 Å². The summed E-state index contributed by atoms with van der Waals surface area (Å²) in [4.78, 5) is 22.6. The van der Waals surface area contributed by atoms with Crippen molar-refractivity contribution in [1.29, 1.82) is 0 Å². The van der Waals surface area contributed by atoms with Crippen LogP contribution in [0.4, 0.5) is 0 Å². The number of nitrogens with zero attached hydrogens (tertiary/aromatic N) is 2. The first-order chi connectivity index (χ1) is 9.75. The molecule has 1 rings (SSSR count). The van der Waals surface area contributed by atoms with Crippen LogP contribution in [0.2, 0.25) is 0 Å². The minimum absolute atomic E-state index is 0.0840. The van der Waals surface area contributed by atoms with E-state index in [1.807, 2.05) is 0 Å². The standard InChI is InChI=1S/C11H18N4O5S/c1-4-5-15(6-8(16)12-3)21(19,20)10-9(11(17)18)7(2)13-14-10/h4-6H2,1-3H3,(H,12,16)(H,13,14)(H,17,18). The SMILES string of the molecule is CCCN(CC(=O)NC)S(=O)(=O)c1n[nH]c(C)c1C(=O)O. The van der Waals surface area contributed by atoms with Crippen LogP contribution >= 0.6 is 0 Å². The Hall–Kier alpha value is -1.94. The number of hydrogen-bond donors (Lipinski definition) is 3. The lowest BCUT2D eigenvalue weighted by Gasteiger charge is -2.19. The number of amides is 1. The predicted octanol–water partition coefficient (Wildman–Crippen LogP) is -0.437. The van der Waals surface area contributed by atoms with Crippen molar-refractivity contribution in [3.63, 3.8) is 0 Å². The van der Waals surface area contributed by atoms with Crippen molar-refractivity contribution in [2.24, 2.45) is 0 Å². The van der Waals surface area contributed by atoms with E-state index in [0.717, 1.165) is 4.31 Å². The molecular formula is C11H18N4O5S. The maximum Gasteiger partial charge on any atom is 0.340 e. The van der Waals surface area contributed by atoms with Gasteiger partial charge >= 0.3 is 5.97 Å². The van der Waals surface area contributed by atoms with Gasteiger partial charge in [-0.05, 0) is 13.3 Å². The predicted molar refractivity (Wildman–Crippen MR) is 73.4 cm³/mol. The summed E-state index contributed by atoms with van der Waals surface area (Å²) in [5.41, 5.74) is -0.273. The molecule has 1 heterocycles. The van der Waals surface area contributed by atoms with Gasteiger partial charge in [0, 0.05) is 19.3 Å². The molecule has 0 radical (unpaired) electrons. The van der Waals surface area contributed by atoms with Crippen molar-refractivity contribution in [2.45, 2.75) is 25.3 Å². The number of aryl methyl sites for hydroxylation is 1. The molecule has 0 saturated heterocycles. The van der Waals surface area contributed by atoms with Crippen LogP contribution in [0.15, 0.2) is 5.03 Å². The summed E-state index contributed by atoms with van der Waals surface area (Å²) in [6, 6.07) is 0. The van der Waals surface area contributed by atoms with Crippen molar-refractivity contribution in [3.8, 4) is 0 Å². The van der Waals surface area contributed by atoms with E-state index in [-0.39, 0.29) is 12.2 Å². The number of rotatable bonds is 7. The highest BCUT2D eigenvalue weighted by atomic mass is 32.2. The number of H-pyrrole nitrogens is 1. The Labute approximate surface area is 122 Å². The van der Waals surface area contributed by atoms with Crippen LogP contribution in [0.25, 0.3) is 0 Å². The molecule has 21 heavy (non-hydrogen) atoms. The van der Waals surface area contributed by atoms with Crippen molar-refractivity contribution in [3.05, 3.63) is 11.3 Å². The lowest BCUT2D eigenvalue weighted by atomic mass is 10.3. The number of carboxylic acids is 1. The van der Waals surface area contributed by atoms with Gasteiger partial charge in [0.2, 0.25) is 10.9 Å². The van der Waals surface area contributed by atoms with Gasteiger partial charge in [0.1, 0.15) is 5.56 Å². The van der Waals surface area contributed by atoms with Crippen LogP contribution in [0.3, 0.4) is 0 Å². The molecule has 118 valence electrons. The third kappa shape index (κ3) is 3.58. The Bertz CT molecular complexity index is 637. The first kappa shape index (κ1) is 17.1. The van der Waals surface area contributed by atoms with Crippen LogP contribution in [0.1, 0.15) is 29.4 Å². The van der Waals surface area contributed by atoms with E-state index >= 15 is 0 Å². The average Bonchev–Trinajstić information content (AvgIpc) is 2.80. The Morgan fingerprint density at radius 3 is 2.52 bits per heavy atom. The van der Waals surface area contributed by atoms with E-state index in [1.165, 1.54) is 14.0 Å². The molecule has 0 aliphatic rings. The molecule has 3 N–H and O–H groups in total. The van der Waals surface area contributed by atoms with Gasteiger partial charge < -0.3 is 10.4 Å². The maximum absolute atomic E-state index is 12.5. The minimum Gasteiger partial charge on any atom is -0.478 e. The zero-order chi connectivity index (χ0) is 16.2. The van der Waals surface area contributed by atoms with Gasteiger partial charge in [0.15, 0.2) is 0 Å². The highest BCUT2D eigenvalue weighted by molar-refractivity contribution is 7.89. The number of carbonyl (C=O) groups is 2. The Kier molecular flexibility index (Phi) is 5.44. The lowest BCUT2D eigenvalue weighted by Crippen LogP contribution is -2.40. The molecular weight excluding hydrogens is 300 g/mol. The van der Waals surface area contributed by atoms with E-state index in [4.69, 9.17) is 5.11 Å². The largest absolute Gasteiger partial charge is 0.478 e. The summed E-state index contributed by atoms with van der Waals surface area (Å²) in [6.07, 6.45) is 0.474. The molecule has 1 aromatic rings. The van der Waals surface area contributed by atoms with Crippen LogP contribution in [-0.2, 0) is 14.8 Å². The number of aromatic nitrogens is 2. The Balaban J connectivity index is 3.29. The molecule has 0 aliphatic heterocycles. The molecule has 0 atom stereocenters. The highest BCUT2D eigenvalue weighted by Crippen LogP contribution is 2.20. The molecule has 0 unspecified atom stereocenters. The minimum atomic E-state index is -4.17. The summed E-state index contributed by atoms with van der Waals surface area (Å²) >= 11 is 0. The fraction of sp³-hybridized carbons (Fsp3) is 0.545. The number of sulfonamides is 1. The molecule has 9 nitrogen and oxygen atoms in total. The van der Waals surface area contributed by atoms with Gasteiger partial charge in [-0.25, -0.2) is 13.2 Å². The molecule has 0 bridgehead atoms. The van der Waals surface area contributed by atoms with Gasteiger partial charge in [0.05, 0.1) is 6.54 Å². The van der Waals surface area contributed by atoms with Crippen molar-refractivity contribution < 1.29 is 23.1 Å². The second kappa shape index (κ2) is 6.68. The Morgan fingerprint density at radius 2 is 2.05 bits per heavy atom. The number of aromatic amines is 1. The van der Waals surface area contributed by atoms with E-state index in [2.05, 4.69) is 15.5 Å². The average molecular weight is 318 g/mol. The molecule has 1 aromatic heterocycles. The first-order valence-corrected chi connectivity index (χ1v) is 7.68. The second-order valence-corrected chi connectivity index (χ2v) is 6.20. The quantitative estimate of drug-likeness (QED) is 0.624. The van der Waals surface area contributed by atoms with Crippen LogP contribution in [0.5, 0.6) is 0 Å². The van der Waals surface area contributed by atoms with Gasteiger partial charge in [-0.2, -0.15) is 9.40 Å². The van der Waals surface area contributed by atoms with Crippen LogP contribution < -0.4 is 5.32 Å². The fourth-order valence-corrected chi connectivity index (χ4v) is 3.35. The smallest absolute Gasteiger partial charge is 0.340 e. The summed E-state index contributed by atoms with van der Waals surface area (Å²) < 4.78 is 25.9. The molecule has 10 heteroatoms. The number of nitrogens with one attached hydrogen (secondary N) is 2. The third-order valence-electron chi connectivity index (χ3n) is 2.78. The topological polar surface area (TPSA) is 132 Å². The molecule has 0 aromatic carbocycles. The zero-order valence-electron chi connectivity index (χ0n) is 12.0. The second-order valence-electron chi connectivity index (χ2n) is 4.35. The Morgan fingerprint density at radius 1 is 1.43 bits per heavy atom. The molecule has 0 spiro atoms. The summed E-state index contributed by atoms with van der Waals surface area (Å²) in [5.74, 6) is -1.88. The highest BCUT2D eigenvalue weighted by Gasteiger charge is 2.33. The third-order valence-corrected chi connectivity index (χ3v) is 4.56. The van der Waals surface area contributed by atoms with E-state index in [0.29, 0.717) is 6.42 Å². The van der Waals surface area contributed by atoms with Crippen LogP contribution in [0, 0.1) is 6.92 Å². The maximum atomic E-state index is 12.5. The monoisotopic (exact) mass is 318 g/mol. The van der Waals surface area contributed by atoms with Crippen molar-refractivity contribution in [1.82, 2.24) is 19.8 Å².